The van der Waals surface area contributed by atoms with E-state index in [2.05, 4.69) is 75.0 Å². The molecule has 0 aromatic heterocycles. The largest absolute Gasteiger partial charge is 0.358 e. The number of rotatable bonds is 7. The van der Waals surface area contributed by atoms with Crippen LogP contribution in [-0.2, 0) is 17.9 Å². The summed E-state index contributed by atoms with van der Waals surface area (Å²) in [4.78, 5) is 17.4. The third-order valence-corrected chi connectivity index (χ3v) is 6.49. The summed E-state index contributed by atoms with van der Waals surface area (Å²) in [6.07, 6.45) is 3.23. The number of carbonyl (C=O) groups is 1. The minimum atomic E-state index is -0.0501. The van der Waals surface area contributed by atoms with E-state index in [0.717, 1.165) is 39.1 Å². The molecule has 4 rings (SSSR count). The third-order valence-electron chi connectivity index (χ3n) is 6.49. The number of amides is 1. The Labute approximate surface area is 180 Å². The average Bonchev–Trinajstić information content (AvgIpc) is 3.18. The first-order valence-corrected chi connectivity index (χ1v) is 11.2. The van der Waals surface area contributed by atoms with Gasteiger partial charge < -0.3 is 10.6 Å². The number of likely N-dealkylation sites (tertiary alicyclic amines) is 2. The van der Waals surface area contributed by atoms with Crippen molar-refractivity contribution < 1.29 is 4.79 Å². The fraction of sp³-hybridized carbons (Fsp3) is 0.480. The van der Waals surface area contributed by atoms with E-state index in [9.17, 15) is 4.79 Å². The first-order chi connectivity index (χ1) is 14.7. The molecule has 0 bridgehead atoms. The molecule has 0 saturated carbocycles. The second-order valence-electron chi connectivity index (χ2n) is 8.68. The number of benzene rings is 2. The topological polar surface area (TPSA) is 47.6 Å². The Morgan fingerprint density at radius 1 is 0.900 bits per heavy atom. The van der Waals surface area contributed by atoms with Crippen LogP contribution in [-0.4, -0.2) is 60.5 Å². The molecule has 2 saturated heterocycles. The molecule has 0 spiro atoms. The maximum Gasteiger partial charge on any atom is 0.237 e. The van der Waals surface area contributed by atoms with Gasteiger partial charge in [0.05, 0.1) is 6.04 Å². The molecule has 5 nitrogen and oxygen atoms in total. The van der Waals surface area contributed by atoms with Gasteiger partial charge in [0.2, 0.25) is 5.91 Å². The van der Waals surface area contributed by atoms with Gasteiger partial charge in [-0.3, -0.25) is 14.6 Å². The number of hydrogen-bond donors (Lipinski definition) is 2. The molecule has 0 radical (unpaired) electrons. The van der Waals surface area contributed by atoms with Crippen LogP contribution in [0.15, 0.2) is 60.7 Å². The molecule has 30 heavy (non-hydrogen) atoms. The monoisotopic (exact) mass is 406 g/mol. The van der Waals surface area contributed by atoms with Crippen molar-refractivity contribution in [2.24, 2.45) is 0 Å². The van der Waals surface area contributed by atoms with E-state index in [1.165, 1.54) is 24.0 Å². The molecule has 2 aliphatic heterocycles. The maximum atomic E-state index is 12.5. The molecule has 2 atom stereocenters. The fourth-order valence-corrected chi connectivity index (χ4v) is 4.89. The Hall–Kier alpha value is -2.21. The second kappa shape index (κ2) is 10.2. The fourth-order valence-electron chi connectivity index (χ4n) is 4.89. The van der Waals surface area contributed by atoms with Crippen LogP contribution in [0.4, 0.5) is 0 Å². The standard InChI is InChI=1S/C25H34N4O/c1-26-25(30)24-16-23(19-29(24)18-21-10-6-3-7-11-21)27-22-12-14-28(15-13-22)17-20-8-4-2-5-9-20/h2-11,22-24,27H,12-19H2,1H3,(H,26,30)/t23-,24+/m1/s1. The predicted octanol–water partition coefficient (Wildman–Crippen LogP) is 2.63. The highest BCUT2D eigenvalue weighted by molar-refractivity contribution is 5.81. The minimum absolute atomic E-state index is 0.0501. The quantitative estimate of drug-likeness (QED) is 0.742. The molecule has 0 unspecified atom stereocenters. The molecule has 0 aliphatic carbocycles. The van der Waals surface area contributed by atoms with Crippen molar-refractivity contribution >= 4 is 5.91 Å². The normalized spacial score (nSPS) is 23.5. The molecular formula is C25H34N4O. The number of hydrogen-bond acceptors (Lipinski definition) is 4. The summed E-state index contributed by atoms with van der Waals surface area (Å²) in [5.41, 5.74) is 2.66. The zero-order valence-corrected chi connectivity index (χ0v) is 18.0. The van der Waals surface area contributed by atoms with Gasteiger partial charge in [-0.1, -0.05) is 60.7 Å². The van der Waals surface area contributed by atoms with Gasteiger partial charge in [0.25, 0.3) is 0 Å². The van der Waals surface area contributed by atoms with Crippen LogP contribution in [0, 0.1) is 0 Å². The van der Waals surface area contributed by atoms with E-state index in [4.69, 9.17) is 0 Å². The Kier molecular flexibility index (Phi) is 7.16. The highest BCUT2D eigenvalue weighted by Crippen LogP contribution is 2.23. The molecule has 2 aromatic rings. The Morgan fingerprint density at radius 3 is 2.10 bits per heavy atom. The Balaban J connectivity index is 1.28. The van der Waals surface area contributed by atoms with E-state index < -0.39 is 0 Å². The summed E-state index contributed by atoms with van der Waals surface area (Å²) < 4.78 is 0. The van der Waals surface area contributed by atoms with E-state index >= 15 is 0 Å². The third kappa shape index (κ3) is 5.48. The zero-order valence-electron chi connectivity index (χ0n) is 18.0. The lowest BCUT2D eigenvalue weighted by Gasteiger charge is -2.34. The summed E-state index contributed by atoms with van der Waals surface area (Å²) in [6, 6.07) is 22.1. The Morgan fingerprint density at radius 2 is 1.50 bits per heavy atom. The van der Waals surface area contributed by atoms with Crippen molar-refractivity contribution in [3.8, 4) is 0 Å². The number of nitrogens with one attached hydrogen (secondary N) is 2. The maximum absolute atomic E-state index is 12.5. The van der Waals surface area contributed by atoms with Gasteiger partial charge in [-0.25, -0.2) is 0 Å². The molecule has 2 aliphatic rings. The van der Waals surface area contributed by atoms with Crippen molar-refractivity contribution in [1.82, 2.24) is 20.4 Å². The molecule has 1 amide bonds. The molecule has 5 heteroatoms. The summed E-state index contributed by atoms with van der Waals surface area (Å²) in [5, 5.41) is 6.74. The van der Waals surface area contributed by atoms with E-state index in [-0.39, 0.29) is 11.9 Å². The lowest BCUT2D eigenvalue weighted by molar-refractivity contribution is -0.125. The first-order valence-electron chi connectivity index (χ1n) is 11.2. The molecule has 2 fully saturated rings. The van der Waals surface area contributed by atoms with Crippen molar-refractivity contribution in [1.29, 1.82) is 0 Å². The van der Waals surface area contributed by atoms with Crippen LogP contribution in [0.1, 0.15) is 30.4 Å². The SMILES string of the molecule is CNC(=O)[C@@H]1C[C@@H](NC2CCN(Cc3ccccc3)CC2)CN1Cc1ccccc1. The van der Waals surface area contributed by atoms with Gasteiger partial charge in [0.1, 0.15) is 0 Å². The molecule has 2 aromatic carbocycles. The molecule has 2 N–H and O–H groups in total. The summed E-state index contributed by atoms with van der Waals surface area (Å²) in [5.74, 6) is 0.132. The highest BCUT2D eigenvalue weighted by atomic mass is 16.2. The molecular weight excluding hydrogens is 372 g/mol. The van der Waals surface area contributed by atoms with E-state index in [0.29, 0.717) is 12.1 Å². The van der Waals surface area contributed by atoms with E-state index in [1.807, 2.05) is 6.07 Å². The minimum Gasteiger partial charge on any atom is -0.358 e. The molecule has 2 heterocycles. The van der Waals surface area contributed by atoms with Crippen molar-refractivity contribution in [2.45, 2.75) is 50.5 Å². The number of nitrogens with zero attached hydrogens (tertiary/aromatic N) is 2. The zero-order chi connectivity index (χ0) is 20.8. The van der Waals surface area contributed by atoms with Gasteiger partial charge in [-0.05, 0) is 43.5 Å². The van der Waals surface area contributed by atoms with Crippen LogP contribution in [0.25, 0.3) is 0 Å². The van der Waals surface area contributed by atoms with Gasteiger partial charge in [0.15, 0.2) is 0 Å². The molecule has 160 valence electrons. The van der Waals surface area contributed by atoms with Gasteiger partial charge in [-0.2, -0.15) is 0 Å². The number of carbonyl (C=O) groups excluding carboxylic acids is 1. The Bertz CT molecular complexity index is 789. The highest BCUT2D eigenvalue weighted by Gasteiger charge is 2.37. The summed E-state index contributed by atoms with van der Waals surface area (Å²) in [7, 11) is 1.74. The smallest absolute Gasteiger partial charge is 0.237 e. The summed E-state index contributed by atoms with van der Waals surface area (Å²) >= 11 is 0. The van der Waals surface area contributed by atoms with E-state index in [1.54, 1.807) is 7.05 Å². The van der Waals surface area contributed by atoms with Crippen LogP contribution in [0.5, 0.6) is 0 Å². The first kappa shape index (κ1) is 21.0. The van der Waals surface area contributed by atoms with Gasteiger partial charge in [0, 0.05) is 38.8 Å². The van der Waals surface area contributed by atoms with Crippen molar-refractivity contribution in [3.05, 3.63) is 71.8 Å². The lowest BCUT2D eigenvalue weighted by atomic mass is 10.0. The lowest BCUT2D eigenvalue weighted by Crippen LogP contribution is -2.46. The van der Waals surface area contributed by atoms with Crippen LogP contribution < -0.4 is 10.6 Å². The number of piperidine rings is 1. The van der Waals surface area contributed by atoms with Gasteiger partial charge in [-0.15, -0.1) is 0 Å². The van der Waals surface area contributed by atoms with Crippen molar-refractivity contribution in [3.63, 3.8) is 0 Å². The second-order valence-corrected chi connectivity index (χ2v) is 8.68. The van der Waals surface area contributed by atoms with Crippen LogP contribution in [0.3, 0.4) is 0 Å². The van der Waals surface area contributed by atoms with Crippen LogP contribution in [0.2, 0.25) is 0 Å². The van der Waals surface area contributed by atoms with Crippen LogP contribution >= 0.6 is 0 Å². The number of likely N-dealkylation sites (N-methyl/N-ethyl adjacent to an activating group) is 1. The summed E-state index contributed by atoms with van der Waals surface area (Å²) in [6.45, 7) is 5.06. The van der Waals surface area contributed by atoms with Gasteiger partial charge >= 0.3 is 0 Å². The predicted molar refractivity (Wildman–Crippen MR) is 121 cm³/mol. The average molecular weight is 407 g/mol. The van der Waals surface area contributed by atoms with Crippen molar-refractivity contribution in [2.75, 3.05) is 26.7 Å².